The second kappa shape index (κ2) is 11.0. The van der Waals surface area contributed by atoms with E-state index in [0.29, 0.717) is 28.6 Å². The van der Waals surface area contributed by atoms with Gasteiger partial charge in [-0.1, -0.05) is 44.9 Å². The molecule has 0 bridgehead atoms. The monoisotopic (exact) mass is 415 g/mol. The third-order valence-corrected chi connectivity index (χ3v) is 5.04. The lowest BCUT2D eigenvalue weighted by Crippen LogP contribution is -2.10. The van der Waals surface area contributed by atoms with Gasteiger partial charge in [0.15, 0.2) is 5.82 Å². The summed E-state index contributed by atoms with van der Waals surface area (Å²) in [7, 11) is 0. The number of aromatic nitrogens is 2. The van der Waals surface area contributed by atoms with Gasteiger partial charge in [0.25, 0.3) is 0 Å². The number of azo groups is 1. The van der Waals surface area contributed by atoms with E-state index in [1.54, 1.807) is 6.20 Å². The second-order valence-corrected chi connectivity index (χ2v) is 7.38. The maximum absolute atomic E-state index is 9.78. The molecule has 0 aliphatic carbocycles. The molecule has 3 rings (SSSR count). The molecule has 0 saturated carbocycles. The minimum absolute atomic E-state index is 0.502. The fourth-order valence-corrected chi connectivity index (χ4v) is 3.24. The summed E-state index contributed by atoms with van der Waals surface area (Å²) in [6, 6.07) is 12.0. The predicted octanol–water partition coefficient (Wildman–Crippen LogP) is 6.65. The van der Waals surface area contributed by atoms with Gasteiger partial charge in [0.05, 0.1) is 11.1 Å². The number of hydrogen-bond acceptors (Lipinski definition) is 7. The van der Waals surface area contributed by atoms with Crippen LogP contribution in [0.2, 0.25) is 0 Å². The van der Waals surface area contributed by atoms with Gasteiger partial charge in [-0.15, -0.1) is 10.2 Å². The third kappa shape index (κ3) is 5.34. The number of rotatable bonds is 10. The summed E-state index contributed by atoms with van der Waals surface area (Å²) in [5.74, 6) is 1.24. The van der Waals surface area contributed by atoms with Crippen LogP contribution in [0.4, 0.5) is 23.0 Å². The van der Waals surface area contributed by atoms with E-state index in [-0.39, 0.29) is 0 Å². The first-order valence-electron chi connectivity index (χ1n) is 10.9. The van der Waals surface area contributed by atoms with Crippen LogP contribution in [0.1, 0.15) is 50.7 Å². The molecule has 1 aromatic carbocycles. The van der Waals surface area contributed by atoms with Crippen molar-refractivity contribution in [2.45, 2.75) is 46.5 Å². The van der Waals surface area contributed by atoms with Crippen molar-refractivity contribution in [2.24, 2.45) is 10.2 Å². The molecule has 0 aliphatic heterocycles. The molecule has 0 radical (unpaired) electrons. The summed E-state index contributed by atoms with van der Waals surface area (Å²) in [5, 5.41) is 26.5. The fraction of sp³-hybridized carbons (Fsp3) is 0.375. The summed E-state index contributed by atoms with van der Waals surface area (Å²) in [5.41, 5.74) is 3.31. The van der Waals surface area contributed by atoms with E-state index in [4.69, 9.17) is 4.98 Å². The summed E-state index contributed by atoms with van der Waals surface area (Å²) >= 11 is 0. The van der Waals surface area contributed by atoms with Gasteiger partial charge in [-0.05, 0) is 31.9 Å². The number of nitrogens with one attached hydrogen (secondary N) is 2. The molecule has 0 saturated heterocycles. The zero-order chi connectivity index (χ0) is 22.1. The lowest BCUT2D eigenvalue weighted by atomic mass is 10.1. The van der Waals surface area contributed by atoms with Crippen molar-refractivity contribution in [2.75, 3.05) is 23.7 Å². The van der Waals surface area contributed by atoms with Crippen LogP contribution in [-0.4, -0.2) is 23.1 Å². The van der Waals surface area contributed by atoms with E-state index < -0.39 is 0 Å². The van der Waals surface area contributed by atoms with Gasteiger partial charge in [0.1, 0.15) is 23.3 Å². The molecule has 0 fully saturated rings. The molecule has 2 heterocycles. The number of unbranched alkanes of at least 4 members (excludes halogenated alkanes) is 2. The molecule has 3 aromatic rings. The summed E-state index contributed by atoms with van der Waals surface area (Å²) in [4.78, 5) is 9.15. The van der Waals surface area contributed by atoms with Crippen molar-refractivity contribution in [3.05, 3.63) is 47.7 Å². The van der Waals surface area contributed by atoms with Gasteiger partial charge in [-0.3, -0.25) is 4.98 Å². The Bertz CT molecular complexity index is 1090. The Hall–Kier alpha value is -3.53. The topological polar surface area (TPSA) is 98.3 Å². The number of benzene rings is 1. The number of para-hydroxylation sites is 1. The van der Waals surface area contributed by atoms with Crippen LogP contribution in [0.5, 0.6) is 0 Å². The van der Waals surface area contributed by atoms with Crippen molar-refractivity contribution in [1.82, 2.24) is 9.97 Å². The van der Waals surface area contributed by atoms with E-state index in [1.807, 2.05) is 37.3 Å². The maximum atomic E-state index is 9.78. The maximum Gasteiger partial charge on any atom is 0.156 e. The van der Waals surface area contributed by atoms with Crippen molar-refractivity contribution in [3.63, 3.8) is 0 Å². The van der Waals surface area contributed by atoms with Crippen LogP contribution in [0.15, 0.2) is 46.8 Å². The van der Waals surface area contributed by atoms with Crippen molar-refractivity contribution < 1.29 is 0 Å². The standard InChI is InChI=1S/C24H29N7/c1-4-6-13-27-23-19(16-25)17(3)21(24(29-23)28-14-7-5-2)31-30-20-12-8-10-18-11-9-15-26-22(18)20/h8-12,15H,4-7,13-14H2,1-3H3,(H2,27,28,29). The zero-order valence-corrected chi connectivity index (χ0v) is 18.4. The smallest absolute Gasteiger partial charge is 0.156 e. The highest BCUT2D eigenvalue weighted by Crippen LogP contribution is 2.35. The van der Waals surface area contributed by atoms with E-state index in [9.17, 15) is 5.26 Å². The number of fused-ring (bicyclic) bond motifs is 1. The molecule has 31 heavy (non-hydrogen) atoms. The number of nitrogens with zero attached hydrogens (tertiary/aromatic N) is 5. The van der Waals surface area contributed by atoms with Gasteiger partial charge in [0, 0.05) is 30.2 Å². The highest BCUT2D eigenvalue weighted by atomic mass is 15.2. The normalized spacial score (nSPS) is 11.0. The Kier molecular flexibility index (Phi) is 7.88. The first-order valence-corrected chi connectivity index (χ1v) is 10.9. The highest BCUT2D eigenvalue weighted by Gasteiger charge is 2.17. The van der Waals surface area contributed by atoms with Gasteiger partial charge < -0.3 is 10.6 Å². The quantitative estimate of drug-likeness (QED) is 0.285. The predicted molar refractivity (Wildman–Crippen MR) is 126 cm³/mol. The molecular weight excluding hydrogens is 386 g/mol. The first kappa shape index (κ1) is 22.2. The molecule has 0 amide bonds. The Balaban J connectivity index is 2.04. The van der Waals surface area contributed by atoms with E-state index in [1.165, 1.54) is 0 Å². The zero-order valence-electron chi connectivity index (χ0n) is 18.4. The Labute approximate surface area is 183 Å². The Morgan fingerprint density at radius 1 is 0.968 bits per heavy atom. The van der Waals surface area contributed by atoms with Crippen molar-refractivity contribution in [1.29, 1.82) is 5.26 Å². The summed E-state index contributed by atoms with van der Waals surface area (Å²) in [6.07, 6.45) is 5.92. The van der Waals surface area contributed by atoms with Gasteiger partial charge in [-0.25, -0.2) is 4.98 Å². The van der Waals surface area contributed by atoms with E-state index in [2.05, 4.69) is 45.8 Å². The molecule has 2 aromatic heterocycles. The van der Waals surface area contributed by atoms with Gasteiger partial charge in [-0.2, -0.15) is 5.26 Å². The Morgan fingerprint density at radius 3 is 2.39 bits per heavy atom. The van der Waals surface area contributed by atoms with E-state index >= 15 is 0 Å². The van der Waals surface area contributed by atoms with Crippen molar-refractivity contribution >= 4 is 33.9 Å². The largest absolute Gasteiger partial charge is 0.369 e. The van der Waals surface area contributed by atoms with E-state index in [0.717, 1.165) is 55.2 Å². The van der Waals surface area contributed by atoms with Gasteiger partial charge >= 0.3 is 0 Å². The van der Waals surface area contributed by atoms with Crippen LogP contribution in [0, 0.1) is 18.3 Å². The second-order valence-electron chi connectivity index (χ2n) is 7.38. The van der Waals surface area contributed by atoms with Crippen LogP contribution >= 0.6 is 0 Å². The average molecular weight is 416 g/mol. The molecule has 0 aliphatic rings. The third-order valence-electron chi connectivity index (χ3n) is 5.04. The number of pyridine rings is 2. The molecule has 7 heteroatoms. The Morgan fingerprint density at radius 2 is 1.68 bits per heavy atom. The molecule has 2 N–H and O–H groups in total. The number of anilines is 2. The minimum Gasteiger partial charge on any atom is -0.369 e. The fourth-order valence-electron chi connectivity index (χ4n) is 3.24. The molecule has 160 valence electrons. The average Bonchev–Trinajstić information content (AvgIpc) is 2.79. The lowest BCUT2D eigenvalue weighted by molar-refractivity contribution is 0.825. The van der Waals surface area contributed by atoms with Crippen molar-refractivity contribution in [3.8, 4) is 6.07 Å². The molecule has 7 nitrogen and oxygen atoms in total. The molecular formula is C24H29N7. The molecule has 0 spiro atoms. The van der Waals surface area contributed by atoms with Crippen LogP contribution in [0.25, 0.3) is 10.9 Å². The molecule has 0 unspecified atom stereocenters. The highest BCUT2D eigenvalue weighted by molar-refractivity contribution is 5.88. The van der Waals surface area contributed by atoms with Crippen LogP contribution in [0.3, 0.4) is 0 Å². The minimum atomic E-state index is 0.502. The summed E-state index contributed by atoms with van der Waals surface area (Å²) < 4.78 is 0. The number of nitriles is 1. The first-order chi connectivity index (χ1) is 15.2. The van der Waals surface area contributed by atoms with Crippen LogP contribution in [-0.2, 0) is 0 Å². The van der Waals surface area contributed by atoms with Gasteiger partial charge in [0.2, 0.25) is 0 Å². The lowest BCUT2D eigenvalue weighted by Gasteiger charge is -2.15. The number of hydrogen-bond donors (Lipinski definition) is 2. The molecule has 0 atom stereocenters. The SMILES string of the molecule is CCCCNc1nc(NCCCC)c(N=Nc2cccc3cccnc23)c(C)c1C#N. The van der Waals surface area contributed by atoms with Crippen LogP contribution < -0.4 is 10.6 Å². The summed E-state index contributed by atoms with van der Waals surface area (Å²) in [6.45, 7) is 7.72.